The number of fused-ring (bicyclic) bond motifs is 1. The second-order valence-corrected chi connectivity index (χ2v) is 9.23. The fraction of sp³-hybridized carbons (Fsp3) is 0.870. The van der Waals surface area contributed by atoms with Gasteiger partial charge in [0.1, 0.15) is 0 Å². The summed E-state index contributed by atoms with van der Waals surface area (Å²) in [5, 5.41) is 30.1. The lowest BCUT2D eigenvalue weighted by Gasteiger charge is -2.58. The van der Waals surface area contributed by atoms with Gasteiger partial charge in [-0.2, -0.15) is 0 Å². The van der Waals surface area contributed by atoms with Crippen molar-refractivity contribution in [1.29, 1.82) is 0 Å². The highest BCUT2D eigenvalue weighted by atomic mass is 16.5. The molecule has 28 heavy (non-hydrogen) atoms. The van der Waals surface area contributed by atoms with Crippen LogP contribution in [0.3, 0.4) is 0 Å². The molecule has 0 heterocycles. The molecule has 0 aromatic carbocycles. The molecule has 3 aliphatic rings. The van der Waals surface area contributed by atoms with Crippen LogP contribution >= 0.6 is 0 Å². The van der Waals surface area contributed by atoms with Crippen LogP contribution in [-0.4, -0.2) is 46.2 Å². The van der Waals surface area contributed by atoms with E-state index in [0.29, 0.717) is 18.3 Å². The van der Waals surface area contributed by atoms with Crippen LogP contribution in [0.2, 0.25) is 0 Å². The second kappa shape index (κ2) is 9.73. The Hall–Kier alpha value is -0.910. The molecule has 3 aliphatic carbocycles. The smallest absolute Gasteiger partial charge is 0.303 e. The average molecular weight is 395 g/mol. The molecule has 3 saturated carbocycles. The summed E-state index contributed by atoms with van der Waals surface area (Å²) in [5.74, 6) is 0.185. The molecule has 0 saturated heterocycles. The van der Waals surface area contributed by atoms with Crippen LogP contribution in [0.25, 0.3) is 0 Å². The van der Waals surface area contributed by atoms with Crippen molar-refractivity contribution in [3.8, 4) is 0 Å². The van der Waals surface area contributed by atoms with Gasteiger partial charge in [0.05, 0.1) is 17.8 Å². The molecule has 0 aromatic rings. The van der Waals surface area contributed by atoms with Gasteiger partial charge in [0.2, 0.25) is 0 Å². The molecule has 5 heteroatoms. The van der Waals surface area contributed by atoms with E-state index in [2.05, 4.69) is 6.08 Å². The number of hydrogen-bond donors (Lipinski definition) is 3. The zero-order valence-corrected chi connectivity index (χ0v) is 17.3. The molecule has 5 nitrogen and oxygen atoms in total. The summed E-state index contributed by atoms with van der Waals surface area (Å²) >= 11 is 0. The maximum Gasteiger partial charge on any atom is 0.303 e. The normalized spacial score (nSPS) is 36.0. The molecule has 0 amide bonds. The molecule has 5 atom stereocenters. The topological polar surface area (TPSA) is 87.0 Å². The molecule has 0 spiro atoms. The minimum Gasteiger partial charge on any atom is -0.481 e. The van der Waals surface area contributed by atoms with Gasteiger partial charge in [0, 0.05) is 19.4 Å². The third-order valence-corrected chi connectivity index (χ3v) is 7.74. The second-order valence-electron chi connectivity index (χ2n) is 9.23. The monoisotopic (exact) mass is 394 g/mol. The number of aliphatic hydroxyl groups excluding tert-OH is 2. The highest BCUT2D eigenvalue weighted by molar-refractivity contribution is 5.66. The van der Waals surface area contributed by atoms with Gasteiger partial charge in [0.15, 0.2) is 0 Å². The highest BCUT2D eigenvalue weighted by Gasteiger charge is 2.58. The number of methoxy groups -OCH3 is 1. The van der Waals surface area contributed by atoms with Crippen molar-refractivity contribution in [2.75, 3.05) is 7.11 Å². The fourth-order valence-corrected chi connectivity index (χ4v) is 6.05. The van der Waals surface area contributed by atoms with Crippen molar-refractivity contribution in [1.82, 2.24) is 0 Å². The Labute approximate surface area is 169 Å². The number of carboxylic acid groups (broad SMARTS) is 1. The van der Waals surface area contributed by atoms with Gasteiger partial charge in [-0.25, -0.2) is 0 Å². The lowest BCUT2D eigenvalue weighted by atomic mass is 9.52. The number of carboxylic acids is 1. The standard InChI is InChI=1S/C23H38O5/c1-28-23-14-13-21(25)18(11-12-20(24)16-7-3-2-4-8-16)19(23)15-17(23)9-5-6-10-22(26)27/h9,16,18-21,24-25H,2-8,10-15H2,1H3,(H,26,27)/b17-9-/t18-,19-,20+,21-,23+/m0/s1. The van der Waals surface area contributed by atoms with E-state index in [4.69, 9.17) is 9.84 Å². The third-order valence-electron chi connectivity index (χ3n) is 7.74. The van der Waals surface area contributed by atoms with Crippen LogP contribution in [0, 0.1) is 17.8 Å². The van der Waals surface area contributed by atoms with Gasteiger partial charge in [-0.1, -0.05) is 25.3 Å². The predicted molar refractivity (Wildman–Crippen MR) is 108 cm³/mol. The van der Waals surface area contributed by atoms with E-state index in [1.54, 1.807) is 7.11 Å². The Balaban J connectivity index is 1.57. The minimum absolute atomic E-state index is 0.183. The van der Waals surface area contributed by atoms with Crippen LogP contribution in [0.5, 0.6) is 0 Å². The van der Waals surface area contributed by atoms with Crippen molar-refractivity contribution < 1.29 is 24.9 Å². The highest BCUT2D eigenvalue weighted by Crippen LogP contribution is 2.58. The van der Waals surface area contributed by atoms with Crippen molar-refractivity contribution in [3.05, 3.63) is 11.6 Å². The van der Waals surface area contributed by atoms with E-state index in [0.717, 1.165) is 51.4 Å². The molecule has 0 aliphatic heterocycles. The van der Waals surface area contributed by atoms with Gasteiger partial charge in [-0.3, -0.25) is 4.79 Å². The first-order valence-corrected chi connectivity index (χ1v) is 11.3. The first kappa shape index (κ1) is 21.8. The maximum atomic E-state index is 10.7. The number of carbonyl (C=O) groups is 1. The quantitative estimate of drug-likeness (QED) is 0.405. The Morgan fingerprint density at radius 2 is 2.04 bits per heavy atom. The van der Waals surface area contributed by atoms with Gasteiger partial charge in [0.25, 0.3) is 0 Å². The van der Waals surface area contributed by atoms with Crippen LogP contribution in [0.4, 0.5) is 0 Å². The van der Waals surface area contributed by atoms with E-state index < -0.39 is 5.97 Å². The summed E-state index contributed by atoms with van der Waals surface area (Å²) in [4.78, 5) is 10.7. The fourth-order valence-electron chi connectivity index (χ4n) is 6.05. The molecular formula is C23H38O5. The lowest BCUT2D eigenvalue weighted by molar-refractivity contribution is -0.155. The third kappa shape index (κ3) is 4.63. The molecule has 160 valence electrons. The van der Waals surface area contributed by atoms with E-state index in [9.17, 15) is 15.0 Å². The minimum atomic E-state index is -0.747. The van der Waals surface area contributed by atoms with E-state index in [1.165, 1.54) is 24.8 Å². The maximum absolute atomic E-state index is 10.7. The Morgan fingerprint density at radius 1 is 1.29 bits per heavy atom. The molecular weight excluding hydrogens is 356 g/mol. The Bertz CT molecular complexity index is 553. The number of rotatable bonds is 9. The van der Waals surface area contributed by atoms with Crippen LogP contribution in [0.15, 0.2) is 11.6 Å². The molecule has 3 fully saturated rings. The van der Waals surface area contributed by atoms with Gasteiger partial charge < -0.3 is 20.1 Å². The largest absolute Gasteiger partial charge is 0.481 e. The molecule has 3 rings (SSSR count). The zero-order valence-electron chi connectivity index (χ0n) is 17.3. The van der Waals surface area contributed by atoms with Gasteiger partial charge >= 0.3 is 5.97 Å². The molecule has 0 radical (unpaired) electrons. The number of hydrogen-bond acceptors (Lipinski definition) is 4. The van der Waals surface area contributed by atoms with Crippen molar-refractivity contribution in [2.45, 2.75) is 101 Å². The first-order valence-electron chi connectivity index (χ1n) is 11.3. The van der Waals surface area contributed by atoms with Crippen LogP contribution in [0.1, 0.15) is 83.5 Å². The van der Waals surface area contributed by atoms with Crippen molar-refractivity contribution in [3.63, 3.8) is 0 Å². The SMILES string of the molecule is CO[C@@]12CC[C@H](O)[C@@H](CC[C@@H](O)C3CCCCC3)[C@@H]1C/C2=C/CCCC(=O)O. The van der Waals surface area contributed by atoms with E-state index in [1.807, 2.05) is 0 Å². The zero-order chi connectivity index (χ0) is 20.1. The average Bonchev–Trinajstić information content (AvgIpc) is 2.68. The molecule has 0 aromatic heterocycles. The number of aliphatic hydroxyl groups is 2. The van der Waals surface area contributed by atoms with E-state index >= 15 is 0 Å². The van der Waals surface area contributed by atoms with E-state index in [-0.39, 0.29) is 30.1 Å². The van der Waals surface area contributed by atoms with Crippen LogP contribution < -0.4 is 0 Å². The van der Waals surface area contributed by atoms with Crippen molar-refractivity contribution in [2.24, 2.45) is 17.8 Å². The van der Waals surface area contributed by atoms with Gasteiger partial charge in [-0.05, 0) is 75.2 Å². The van der Waals surface area contributed by atoms with Crippen LogP contribution in [-0.2, 0) is 9.53 Å². The Kier molecular flexibility index (Phi) is 7.57. The summed E-state index contributed by atoms with van der Waals surface area (Å²) in [6.45, 7) is 0. The van der Waals surface area contributed by atoms with Gasteiger partial charge in [-0.15, -0.1) is 0 Å². The summed E-state index contributed by atoms with van der Waals surface area (Å²) < 4.78 is 6.01. The summed E-state index contributed by atoms with van der Waals surface area (Å²) in [5.41, 5.74) is 1.01. The summed E-state index contributed by atoms with van der Waals surface area (Å²) in [7, 11) is 1.77. The molecule has 3 N–H and O–H groups in total. The number of ether oxygens (including phenoxy) is 1. The van der Waals surface area contributed by atoms with Crippen molar-refractivity contribution >= 4 is 5.97 Å². The lowest BCUT2D eigenvalue weighted by Crippen LogP contribution is -2.59. The Morgan fingerprint density at radius 3 is 2.71 bits per heavy atom. The number of allylic oxidation sites excluding steroid dienone is 1. The first-order chi connectivity index (χ1) is 13.5. The molecule has 0 unspecified atom stereocenters. The number of unbranched alkanes of at least 4 members (excludes halogenated alkanes) is 1. The summed E-state index contributed by atoms with van der Waals surface area (Å²) in [6, 6.07) is 0. The predicted octanol–water partition coefficient (Wildman–Crippen LogP) is 4.07. The number of aliphatic carboxylic acids is 1. The molecule has 0 bridgehead atoms. The summed E-state index contributed by atoms with van der Waals surface area (Å²) in [6.07, 6.45) is 13.5.